The molecule has 1 amide bonds. The molecule has 1 aliphatic rings. The van der Waals surface area contributed by atoms with E-state index in [-0.39, 0.29) is 6.10 Å². The molecule has 0 spiro atoms. The predicted octanol–water partition coefficient (Wildman–Crippen LogP) is 6.91. The second kappa shape index (κ2) is 9.09. The van der Waals surface area contributed by atoms with Crippen LogP contribution in [0.5, 0.6) is 0 Å². The number of benzene rings is 1. The van der Waals surface area contributed by atoms with E-state index in [1.54, 1.807) is 46.8 Å². The van der Waals surface area contributed by atoms with Crippen molar-refractivity contribution in [3.63, 3.8) is 0 Å². The maximum atomic E-state index is 12.7. The van der Waals surface area contributed by atoms with E-state index in [4.69, 9.17) is 4.74 Å². The van der Waals surface area contributed by atoms with E-state index in [2.05, 4.69) is 27.5 Å². The largest absolute Gasteiger partial charge is 0.481 e. The second-order valence-corrected chi connectivity index (χ2v) is 12.2. The number of ether oxygens (including phenoxy) is 1. The maximum absolute atomic E-state index is 12.7. The number of anilines is 1. The number of hydrogen-bond donors (Lipinski definition) is 2. The topological polar surface area (TPSA) is 106 Å². The summed E-state index contributed by atoms with van der Waals surface area (Å²) in [7, 11) is 1.78. The number of nitrogens with one attached hydrogen (secondary N) is 1. The number of carbonyl (C=O) groups excluding carboxylic acids is 1. The number of carbonyl (C=O) groups is 2. The number of amides is 1. The molecule has 1 atom stereocenters. The van der Waals surface area contributed by atoms with Gasteiger partial charge in [-0.2, -0.15) is 5.10 Å². The number of aromatic nitrogens is 3. The summed E-state index contributed by atoms with van der Waals surface area (Å²) in [5.74, 6) is -0.223. The highest BCUT2D eigenvalue weighted by Crippen LogP contribution is 2.51. The molecule has 37 heavy (non-hydrogen) atoms. The van der Waals surface area contributed by atoms with Gasteiger partial charge in [0.1, 0.15) is 22.3 Å². The lowest BCUT2D eigenvalue weighted by atomic mass is 10.1. The summed E-state index contributed by atoms with van der Waals surface area (Å²) >= 11 is 4.73. The monoisotopic (exact) mass is 550 g/mol. The van der Waals surface area contributed by atoms with E-state index in [1.165, 1.54) is 11.3 Å². The van der Waals surface area contributed by atoms with Gasteiger partial charge in [0.05, 0.1) is 16.6 Å². The van der Waals surface area contributed by atoms with Crippen LogP contribution in [0.3, 0.4) is 0 Å². The Morgan fingerprint density at radius 1 is 1.05 bits per heavy atom. The number of hydrogen-bond acceptors (Lipinski definition) is 8. The van der Waals surface area contributed by atoms with E-state index in [0.29, 0.717) is 23.7 Å². The van der Waals surface area contributed by atoms with Crippen LogP contribution in [0.4, 0.5) is 10.6 Å². The SMILES string of the molecule is CC(OC(=O)Nc1c(-c2cc3sc(-c4cnc(C5(C(=O)O)CC5)s4)cc3s2)cnn1C)c1ccccc1. The van der Waals surface area contributed by atoms with Crippen molar-refractivity contribution in [1.82, 2.24) is 14.8 Å². The zero-order chi connectivity index (χ0) is 25.7. The minimum absolute atomic E-state index is 0.388. The van der Waals surface area contributed by atoms with E-state index in [9.17, 15) is 14.7 Å². The number of aryl methyl sites for hydroxylation is 1. The predicted molar refractivity (Wildman–Crippen MR) is 147 cm³/mol. The highest BCUT2D eigenvalue weighted by Gasteiger charge is 2.54. The molecule has 0 aliphatic heterocycles. The fourth-order valence-electron chi connectivity index (χ4n) is 4.19. The molecule has 6 rings (SSSR count). The molecule has 1 saturated carbocycles. The lowest BCUT2D eigenvalue weighted by molar-refractivity contribution is -0.140. The third kappa shape index (κ3) is 4.32. The van der Waals surface area contributed by atoms with Crippen LogP contribution < -0.4 is 5.32 Å². The number of nitrogens with zero attached hydrogens (tertiary/aromatic N) is 3. The minimum Gasteiger partial charge on any atom is -0.481 e. The molecule has 1 aromatic carbocycles. The van der Waals surface area contributed by atoms with E-state index in [0.717, 1.165) is 35.2 Å². The lowest BCUT2D eigenvalue weighted by Gasteiger charge is -2.14. The molecule has 188 valence electrons. The average Bonchev–Trinajstić information content (AvgIpc) is 3.19. The molecule has 0 saturated heterocycles. The summed E-state index contributed by atoms with van der Waals surface area (Å²) in [4.78, 5) is 31.8. The highest BCUT2D eigenvalue weighted by atomic mass is 32.1. The molecule has 2 N–H and O–H groups in total. The third-order valence-electron chi connectivity index (χ3n) is 6.50. The Bertz CT molecular complexity index is 1600. The molecule has 8 nitrogen and oxygen atoms in total. The molecule has 1 fully saturated rings. The van der Waals surface area contributed by atoms with Gasteiger partial charge in [-0.1, -0.05) is 30.3 Å². The standard InChI is InChI=1S/C26H22N4O4S3/c1-14(15-6-4-3-5-7-15)34-25(33)29-22-16(12-28-30(22)2)17-10-18-19(35-17)11-20(36-18)21-13-27-23(37-21)26(8-9-26)24(31)32/h3-7,10-14H,8-9H2,1-2H3,(H,29,33)(H,31,32). The molecular weight excluding hydrogens is 529 g/mol. The van der Waals surface area contributed by atoms with Crippen molar-refractivity contribution in [2.24, 2.45) is 7.05 Å². The first kappa shape index (κ1) is 23.8. The molecule has 1 unspecified atom stereocenters. The van der Waals surface area contributed by atoms with Crippen LogP contribution in [-0.2, 0) is 22.0 Å². The number of thiophene rings is 2. The molecule has 1 aliphatic carbocycles. The Morgan fingerprint density at radius 2 is 1.76 bits per heavy atom. The molecule has 0 bridgehead atoms. The van der Waals surface area contributed by atoms with Gasteiger partial charge in [-0.3, -0.25) is 14.8 Å². The number of aliphatic carboxylic acids is 1. The summed E-state index contributed by atoms with van der Waals surface area (Å²) < 4.78 is 9.43. The number of carboxylic acids is 1. The van der Waals surface area contributed by atoms with Crippen LogP contribution in [-0.4, -0.2) is 31.9 Å². The van der Waals surface area contributed by atoms with Crippen molar-refractivity contribution in [2.45, 2.75) is 31.3 Å². The summed E-state index contributed by atoms with van der Waals surface area (Å²) in [6.07, 6.45) is 3.89. The van der Waals surface area contributed by atoms with Gasteiger partial charge >= 0.3 is 12.1 Å². The first-order chi connectivity index (χ1) is 17.8. The minimum atomic E-state index is -0.788. The van der Waals surface area contributed by atoms with Gasteiger partial charge in [0.25, 0.3) is 0 Å². The van der Waals surface area contributed by atoms with Crippen LogP contribution >= 0.6 is 34.0 Å². The quantitative estimate of drug-likeness (QED) is 0.228. The lowest BCUT2D eigenvalue weighted by Crippen LogP contribution is -2.18. The molecule has 4 aromatic heterocycles. The van der Waals surface area contributed by atoms with Crippen LogP contribution in [0.15, 0.2) is 54.9 Å². The Kier molecular flexibility index (Phi) is 5.85. The van der Waals surface area contributed by atoms with E-state index in [1.807, 2.05) is 37.3 Å². The fraction of sp³-hybridized carbons (Fsp3) is 0.231. The first-order valence-corrected chi connectivity index (χ1v) is 14.1. The van der Waals surface area contributed by atoms with Gasteiger partial charge in [-0.05, 0) is 37.5 Å². The van der Waals surface area contributed by atoms with Gasteiger partial charge in [0.15, 0.2) is 0 Å². The smallest absolute Gasteiger partial charge is 0.413 e. The van der Waals surface area contributed by atoms with Gasteiger partial charge in [-0.15, -0.1) is 34.0 Å². The number of carboxylic acid groups (broad SMARTS) is 1. The molecule has 5 aromatic rings. The average molecular weight is 551 g/mol. The molecule has 0 radical (unpaired) electrons. The van der Waals surface area contributed by atoms with Crippen LogP contribution in [0.25, 0.3) is 29.6 Å². The van der Waals surface area contributed by atoms with Gasteiger partial charge in [0, 0.05) is 32.4 Å². The second-order valence-electron chi connectivity index (χ2n) is 8.98. The summed E-state index contributed by atoms with van der Waals surface area (Å²) in [5.41, 5.74) is 0.952. The Balaban J connectivity index is 1.21. The van der Waals surface area contributed by atoms with Crippen LogP contribution in [0.2, 0.25) is 0 Å². The molecule has 4 heterocycles. The van der Waals surface area contributed by atoms with Crippen LogP contribution in [0.1, 0.15) is 36.4 Å². The number of fused-ring (bicyclic) bond motifs is 1. The van der Waals surface area contributed by atoms with E-state index < -0.39 is 17.5 Å². The zero-order valence-corrected chi connectivity index (χ0v) is 22.4. The summed E-state index contributed by atoms with van der Waals surface area (Å²) in [6, 6.07) is 13.8. The normalized spacial score (nSPS) is 15.0. The Labute approximate surface area is 224 Å². The van der Waals surface area contributed by atoms with Crippen molar-refractivity contribution in [3.05, 3.63) is 65.4 Å². The Morgan fingerprint density at radius 3 is 2.46 bits per heavy atom. The first-order valence-electron chi connectivity index (χ1n) is 11.6. The van der Waals surface area contributed by atoms with Crippen molar-refractivity contribution < 1.29 is 19.4 Å². The van der Waals surface area contributed by atoms with Crippen LogP contribution in [0, 0.1) is 0 Å². The van der Waals surface area contributed by atoms with Crippen molar-refractivity contribution >= 4 is 61.3 Å². The summed E-state index contributed by atoms with van der Waals surface area (Å²) in [5, 5.41) is 17.5. The Hall–Kier alpha value is -3.54. The zero-order valence-electron chi connectivity index (χ0n) is 19.9. The highest BCUT2D eigenvalue weighted by molar-refractivity contribution is 7.32. The van der Waals surface area contributed by atoms with Crippen molar-refractivity contribution in [3.8, 4) is 20.2 Å². The number of rotatable bonds is 7. The number of thiazole rings is 1. The van der Waals surface area contributed by atoms with Gasteiger partial charge in [0.2, 0.25) is 0 Å². The van der Waals surface area contributed by atoms with E-state index >= 15 is 0 Å². The van der Waals surface area contributed by atoms with Gasteiger partial charge < -0.3 is 9.84 Å². The third-order valence-corrected chi connectivity index (χ3v) is 10.2. The van der Waals surface area contributed by atoms with Gasteiger partial charge in [-0.25, -0.2) is 9.78 Å². The van der Waals surface area contributed by atoms with Crippen molar-refractivity contribution in [1.29, 1.82) is 0 Å². The summed E-state index contributed by atoms with van der Waals surface area (Å²) in [6.45, 7) is 1.84. The molecule has 11 heteroatoms. The molecular formula is C26H22N4O4S3. The maximum Gasteiger partial charge on any atom is 0.413 e. The van der Waals surface area contributed by atoms with Crippen molar-refractivity contribution in [2.75, 3.05) is 5.32 Å². The fourth-order valence-corrected chi connectivity index (χ4v) is 7.82.